The number of nitrogens with zero attached hydrogens (tertiary/aromatic N) is 2. The molecule has 4 atom stereocenters. The molecule has 0 bridgehead atoms. The number of aliphatic hydroxyl groups is 1. The highest BCUT2D eigenvalue weighted by Gasteiger charge is 2.56. The standard InChI is InChI=1S/C23H26N2O8/c1-23(22(31-3)32-4)20(26)19(15-12-14(25(28)29)9-10-18(15)33-23)24-16-8-6-5-7-13(16)11-17(24)21(27)30-2/h5-10,12,17,19-20,22,26H,11H2,1-4H3/t17-,19-,20+,23+/m1/s1. The number of methoxy groups -OCH3 is 3. The highest BCUT2D eigenvalue weighted by atomic mass is 16.7. The van der Waals surface area contributed by atoms with E-state index in [1.54, 1.807) is 11.8 Å². The summed E-state index contributed by atoms with van der Waals surface area (Å²) in [5, 5.41) is 23.2. The fourth-order valence-corrected chi connectivity index (χ4v) is 4.89. The van der Waals surface area contributed by atoms with Crippen LogP contribution in [0.2, 0.25) is 0 Å². The van der Waals surface area contributed by atoms with E-state index in [1.807, 2.05) is 24.3 Å². The summed E-state index contributed by atoms with van der Waals surface area (Å²) in [6, 6.07) is 10.00. The Kier molecular flexibility index (Phi) is 6.00. The van der Waals surface area contributed by atoms with E-state index in [1.165, 1.54) is 39.5 Å². The molecular weight excluding hydrogens is 432 g/mol. The molecule has 2 heterocycles. The molecule has 2 aromatic carbocycles. The summed E-state index contributed by atoms with van der Waals surface area (Å²) in [5.41, 5.74) is 0.455. The van der Waals surface area contributed by atoms with E-state index in [0.717, 1.165) is 11.3 Å². The maximum Gasteiger partial charge on any atom is 0.328 e. The van der Waals surface area contributed by atoms with Gasteiger partial charge in [0, 0.05) is 44.0 Å². The number of ether oxygens (including phenoxy) is 4. The number of para-hydroxylation sites is 1. The number of hydrogen-bond acceptors (Lipinski definition) is 9. The van der Waals surface area contributed by atoms with Crippen LogP contribution in [-0.4, -0.2) is 61.4 Å². The molecule has 4 rings (SSSR count). The van der Waals surface area contributed by atoms with Gasteiger partial charge in [0.05, 0.1) is 18.1 Å². The lowest BCUT2D eigenvalue weighted by molar-refractivity contribution is -0.385. The fraction of sp³-hybridized carbons (Fsp3) is 0.435. The average Bonchev–Trinajstić information content (AvgIpc) is 3.19. The fourth-order valence-electron chi connectivity index (χ4n) is 4.89. The van der Waals surface area contributed by atoms with Gasteiger partial charge in [-0.1, -0.05) is 18.2 Å². The van der Waals surface area contributed by atoms with Crippen molar-refractivity contribution in [3.63, 3.8) is 0 Å². The third-order valence-corrected chi connectivity index (χ3v) is 6.43. The molecule has 0 fully saturated rings. The maximum absolute atomic E-state index is 12.8. The molecule has 0 radical (unpaired) electrons. The van der Waals surface area contributed by atoms with Gasteiger partial charge < -0.3 is 29.0 Å². The van der Waals surface area contributed by atoms with E-state index < -0.39 is 41.0 Å². The second-order valence-electron chi connectivity index (χ2n) is 8.24. The van der Waals surface area contributed by atoms with Gasteiger partial charge in [0.15, 0.2) is 11.9 Å². The summed E-state index contributed by atoms with van der Waals surface area (Å²) >= 11 is 0. The van der Waals surface area contributed by atoms with E-state index in [2.05, 4.69) is 0 Å². The summed E-state index contributed by atoms with van der Waals surface area (Å²) in [6.07, 6.45) is -1.89. The van der Waals surface area contributed by atoms with Crippen molar-refractivity contribution in [1.29, 1.82) is 0 Å². The quantitative estimate of drug-likeness (QED) is 0.301. The van der Waals surface area contributed by atoms with E-state index in [4.69, 9.17) is 18.9 Å². The van der Waals surface area contributed by atoms with E-state index in [9.17, 15) is 20.0 Å². The Morgan fingerprint density at radius 1 is 1.24 bits per heavy atom. The Bertz CT molecular complexity index is 1070. The molecular formula is C23H26N2O8. The summed E-state index contributed by atoms with van der Waals surface area (Å²) in [4.78, 5) is 25.6. The number of non-ortho nitro benzene ring substituents is 1. The number of esters is 1. The predicted octanol–water partition coefficient (Wildman–Crippen LogP) is 2.37. The smallest absolute Gasteiger partial charge is 0.328 e. The van der Waals surface area contributed by atoms with Gasteiger partial charge in [-0.3, -0.25) is 10.1 Å². The summed E-state index contributed by atoms with van der Waals surface area (Å²) in [6.45, 7) is 1.64. The Hall–Kier alpha value is -3.21. The second kappa shape index (κ2) is 8.62. The van der Waals surface area contributed by atoms with Gasteiger partial charge in [-0.2, -0.15) is 0 Å². The monoisotopic (exact) mass is 458 g/mol. The van der Waals surface area contributed by atoms with Crippen molar-refractivity contribution >= 4 is 17.3 Å². The zero-order valence-corrected chi connectivity index (χ0v) is 18.8. The van der Waals surface area contributed by atoms with Gasteiger partial charge in [0.1, 0.15) is 17.9 Å². The molecule has 2 aliphatic rings. The molecule has 176 valence electrons. The van der Waals surface area contributed by atoms with Crippen molar-refractivity contribution in [3.05, 3.63) is 63.7 Å². The number of nitro benzene ring substituents is 1. The second-order valence-corrected chi connectivity index (χ2v) is 8.24. The number of hydrogen-bond donors (Lipinski definition) is 1. The number of rotatable bonds is 6. The van der Waals surface area contributed by atoms with Crippen LogP contribution in [0.3, 0.4) is 0 Å². The first-order chi connectivity index (χ1) is 15.8. The first-order valence-corrected chi connectivity index (χ1v) is 10.4. The van der Waals surface area contributed by atoms with Crippen molar-refractivity contribution in [2.45, 2.75) is 43.4 Å². The Balaban J connectivity index is 1.95. The first-order valence-electron chi connectivity index (χ1n) is 10.4. The number of carbonyl (C=O) groups excluding carboxylic acids is 1. The minimum absolute atomic E-state index is 0.157. The zero-order valence-electron chi connectivity index (χ0n) is 18.8. The summed E-state index contributed by atoms with van der Waals surface area (Å²) in [7, 11) is 4.16. The van der Waals surface area contributed by atoms with Crippen LogP contribution >= 0.6 is 0 Å². The van der Waals surface area contributed by atoms with E-state index in [-0.39, 0.29) is 5.69 Å². The van der Waals surface area contributed by atoms with Crippen LogP contribution in [0.15, 0.2) is 42.5 Å². The lowest BCUT2D eigenvalue weighted by atomic mass is 9.83. The molecule has 2 aliphatic heterocycles. The normalized spacial score (nSPS) is 25.9. The molecule has 0 saturated carbocycles. The van der Waals surface area contributed by atoms with Crippen LogP contribution in [0.25, 0.3) is 0 Å². The van der Waals surface area contributed by atoms with Crippen molar-refractivity contribution < 1.29 is 33.8 Å². The van der Waals surface area contributed by atoms with Gasteiger partial charge in [0.25, 0.3) is 5.69 Å². The molecule has 0 aromatic heterocycles. The lowest BCUT2D eigenvalue weighted by Crippen LogP contribution is -2.63. The molecule has 10 heteroatoms. The van der Waals surface area contributed by atoms with Crippen molar-refractivity contribution in [3.8, 4) is 5.75 Å². The van der Waals surface area contributed by atoms with Crippen molar-refractivity contribution in [2.75, 3.05) is 26.2 Å². The van der Waals surface area contributed by atoms with E-state index in [0.29, 0.717) is 17.7 Å². The lowest BCUT2D eigenvalue weighted by Gasteiger charge is -2.50. The number of anilines is 1. The average molecular weight is 458 g/mol. The van der Waals surface area contributed by atoms with Crippen LogP contribution in [-0.2, 0) is 25.4 Å². The Morgan fingerprint density at radius 2 is 1.94 bits per heavy atom. The molecule has 0 amide bonds. The maximum atomic E-state index is 12.8. The summed E-state index contributed by atoms with van der Waals surface area (Å²) in [5.74, 6) is -0.154. The number of benzene rings is 2. The van der Waals surface area contributed by atoms with Crippen LogP contribution in [0.1, 0.15) is 24.1 Å². The van der Waals surface area contributed by atoms with Gasteiger partial charge in [0.2, 0.25) is 0 Å². The molecule has 0 spiro atoms. The Labute approximate surface area is 190 Å². The van der Waals surface area contributed by atoms with Gasteiger partial charge in [-0.15, -0.1) is 0 Å². The highest BCUT2D eigenvalue weighted by Crippen LogP contribution is 2.50. The Morgan fingerprint density at radius 3 is 2.58 bits per heavy atom. The SMILES string of the molecule is COC(=O)[C@H]1Cc2ccccc2N1[C@@H]1c2cc([N+](=O)[O-])ccc2O[C@](C)(C(OC)OC)[C@H]1O. The van der Waals surface area contributed by atoms with E-state index >= 15 is 0 Å². The van der Waals surface area contributed by atoms with Gasteiger partial charge >= 0.3 is 5.97 Å². The molecule has 0 saturated heterocycles. The number of aliphatic hydroxyl groups excluding tert-OH is 1. The van der Waals surface area contributed by atoms with Crippen LogP contribution in [0.5, 0.6) is 5.75 Å². The summed E-state index contributed by atoms with van der Waals surface area (Å²) < 4.78 is 22.1. The minimum atomic E-state index is -1.39. The molecule has 1 N–H and O–H groups in total. The third-order valence-electron chi connectivity index (χ3n) is 6.43. The molecule has 33 heavy (non-hydrogen) atoms. The number of fused-ring (bicyclic) bond motifs is 2. The van der Waals surface area contributed by atoms with Crippen molar-refractivity contribution in [2.24, 2.45) is 0 Å². The number of carbonyl (C=O) groups is 1. The van der Waals surface area contributed by atoms with Crippen molar-refractivity contribution in [1.82, 2.24) is 0 Å². The predicted molar refractivity (Wildman–Crippen MR) is 117 cm³/mol. The molecule has 2 aromatic rings. The van der Waals surface area contributed by atoms with Gasteiger partial charge in [-0.25, -0.2) is 4.79 Å². The first kappa shape index (κ1) is 23.0. The zero-order chi connectivity index (χ0) is 23.9. The minimum Gasteiger partial charge on any atom is -0.479 e. The highest BCUT2D eigenvalue weighted by molar-refractivity contribution is 5.84. The van der Waals surface area contributed by atoms with Crippen LogP contribution in [0, 0.1) is 10.1 Å². The third kappa shape index (κ3) is 3.60. The largest absolute Gasteiger partial charge is 0.479 e. The van der Waals surface area contributed by atoms with Crippen LogP contribution < -0.4 is 9.64 Å². The number of nitro groups is 1. The van der Waals surface area contributed by atoms with Gasteiger partial charge in [-0.05, 0) is 24.6 Å². The van der Waals surface area contributed by atoms with Crippen LogP contribution in [0.4, 0.5) is 11.4 Å². The molecule has 0 unspecified atom stereocenters. The molecule has 0 aliphatic carbocycles. The molecule has 10 nitrogen and oxygen atoms in total. The topological polar surface area (TPSA) is 121 Å².